The molecule has 1 heterocycles. The van der Waals surface area contributed by atoms with E-state index in [4.69, 9.17) is 0 Å². The van der Waals surface area contributed by atoms with Crippen molar-refractivity contribution in [2.45, 2.75) is 20.8 Å². The zero-order valence-electron chi connectivity index (χ0n) is 9.82. The van der Waals surface area contributed by atoms with Crippen LogP contribution < -0.4 is 0 Å². The highest BCUT2D eigenvalue weighted by atomic mass is 16.1. The van der Waals surface area contributed by atoms with Crippen molar-refractivity contribution < 1.29 is 4.79 Å². The predicted octanol–water partition coefficient (Wildman–Crippen LogP) is 3.31. The first-order chi connectivity index (χ1) is 7.77. The van der Waals surface area contributed by atoms with Crippen molar-refractivity contribution in [3.05, 3.63) is 42.4 Å². The molecule has 84 valence electrons. The molecule has 0 saturated heterocycles. The highest BCUT2D eigenvalue weighted by Crippen LogP contribution is 2.16. The molecule has 0 spiro atoms. The zero-order valence-corrected chi connectivity index (χ0v) is 9.82. The lowest BCUT2D eigenvalue weighted by molar-refractivity contribution is 0.101. The van der Waals surface area contributed by atoms with E-state index in [1.54, 1.807) is 19.4 Å². The number of carbonyl (C=O) groups excluding carboxylic acids is 1. The summed E-state index contributed by atoms with van der Waals surface area (Å²) in [4.78, 5) is 18.0. The Bertz CT molecular complexity index is 429. The molecule has 0 amide bonds. The Morgan fingerprint density at radius 3 is 2.25 bits per heavy atom. The number of imidazole rings is 1. The predicted molar refractivity (Wildman–Crippen MR) is 65.4 cm³/mol. The standard InChI is InChI=1S/C11H10N2O.C2H6/c1-8(14)9-2-4-10(5-3-9)11-6-12-7-13-11;1-2/h2-7H,1H3,(H,12,13);1-2H3. The van der Waals surface area contributed by atoms with Gasteiger partial charge in [0.05, 0.1) is 18.2 Å². The Morgan fingerprint density at radius 2 is 1.81 bits per heavy atom. The van der Waals surface area contributed by atoms with Crippen LogP contribution in [-0.2, 0) is 0 Å². The largest absolute Gasteiger partial charge is 0.345 e. The van der Waals surface area contributed by atoms with Gasteiger partial charge < -0.3 is 4.98 Å². The number of hydrogen-bond donors (Lipinski definition) is 1. The molecular weight excluding hydrogens is 200 g/mol. The van der Waals surface area contributed by atoms with E-state index < -0.39 is 0 Å². The summed E-state index contributed by atoms with van der Waals surface area (Å²) in [5.74, 6) is 0.0844. The molecular formula is C13H16N2O. The van der Waals surface area contributed by atoms with E-state index in [1.165, 1.54) is 0 Å². The quantitative estimate of drug-likeness (QED) is 0.783. The summed E-state index contributed by atoms with van der Waals surface area (Å²) in [6.07, 6.45) is 3.39. The maximum Gasteiger partial charge on any atom is 0.159 e. The molecule has 1 N–H and O–H groups in total. The molecule has 1 aromatic heterocycles. The number of rotatable bonds is 2. The molecule has 1 aromatic carbocycles. The van der Waals surface area contributed by atoms with Gasteiger partial charge in [-0.3, -0.25) is 4.79 Å². The Morgan fingerprint density at radius 1 is 1.19 bits per heavy atom. The molecule has 0 bridgehead atoms. The van der Waals surface area contributed by atoms with E-state index in [1.807, 2.05) is 38.1 Å². The highest BCUT2D eigenvalue weighted by molar-refractivity contribution is 5.94. The third-order valence-corrected chi connectivity index (χ3v) is 2.10. The number of aromatic amines is 1. The first kappa shape index (κ1) is 12.2. The molecule has 0 atom stereocenters. The Balaban J connectivity index is 0.000000606. The molecule has 0 unspecified atom stereocenters. The van der Waals surface area contributed by atoms with Gasteiger partial charge in [0.25, 0.3) is 0 Å². The minimum absolute atomic E-state index is 0.0844. The lowest BCUT2D eigenvalue weighted by atomic mass is 10.1. The zero-order chi connectivity index (χ0) is 12.0. The minimum Gasteiger partial charge on any atom is -0.345 e. The van der Waals surface area contributed by atoms with Crippen molar-refractivity contribution in [2.75, 3.05) is 0 Å². The number of aromatic nitrogens is 2. The van der Waals surface area contributed by atoms with E-state index >= 15 is 0 Å². The van der Waals surface area contributed by atoms with Crippen LogP contribution in [0.15, 0.2) is 36.8 Å². The molecule has 2 rings (SSSR count). The third kappa shape index (κ3) is 2.79. The first-order valence-corrected chi connectivity index (χ1v) is 5.37. The van der Waals surface area contributed by atoms with Gasteiger partial charge in [0.1, 0.15) is 0 Å². The van der Waals surface area contributed by atoms with Gasteiger partial charge in [-0.2, -0.15) is 0 Å². The van der Waals surface area contributed by atoms with E-state index in [0.717, 1.165) is 16.8 Å². The van der Waals surface area contributed by atoms with Gasteiger partial charge in [-0.05, 0) is 12.5 Å². The van der Waals surface area contributed by atoms with Crippen LogP contribution in [0.2, 0.25) is 0 Å². The summed E-state index contributed by atoms with van der Waals surface area (Å²) in [5.41, 5.74) is 2.72. The van der Waals surface area contributed by atoms with Gasteiger partial charge in [-0.25, -0.2) is 4.98 Å². The van der Waals surface area contributed by atoms with Gasteiger partial charge in [0.2, 0.25) is 0 Å². The molecule has 0 aliphatic carbocycles. The molecule has 3 nitrogen and oxygen atoms in total. The second kappa shape index (κ2) is 5.85. The van der Waals surface area contributed by atoms with Crippen LogP contribution in [0, 0.1) is 0 Å². The summed E-state index contributed by atoms with van der Waals surface area (Å²) in [7, 11) is 0. The molecule has 2 aromatic rings. The molecule has 0 aliphatic rings. The van der Waals surface area contributed by atoms with Crippen LogP contribution in [-0.4, -0.2) is 15.8 Å². The summed E-state index contributed by atoms with van der Waals surface area (Å²) < 4.78 is 0. The molecule has 0 fully saturated rings. The van der Waals surface area contributed by atoms with Crippen molar-refractivity contribution in [1.82, 2.24) is 9.97 Å². The Labute approximate surface area is 95.5 Å². The smallest absolute Gasteiger partial charge is 0.159 e. The number of Topliss-reactive ketones (excluding diaryl/α,β-unsaturated/α-hetero) is 1. The monoisotopic (exact) mass is 216 g/mol. The number of benzene rings is 1. The van der Waals surface area contributed by atoms with Crippen LogP contribution in [0.25, 0.3) is 11.3 Å². The normalized spacial score (nSPS) is 9.19. The van der Waals surface area contributed by atoms with Crippen molar-refractivity contribution in [2.24, 2.45) is 0 Å². The fourth-order valence-corrected chi connectivity index (χ4v) is 1.30. The maximum absolute atomic E-state index is 11.0. The van der Waals surface area contributed by atoms with Gasteiger partial charge in [-0.1, -0.05) is 38.1 Å². The molecule has 0 saturated carbocycles. The van der Waals surface area contributed by atoms with Crippen LogP contribution in [0.1, 0.15) is 31.1 Å². The SMILES string of the molecule is CC.CC(=O)c1ccc(-c2cnc[nH]2)cc1. The summed E-state index contributed by atoms with van der Waals surface area (Å²) >= 11 is 0. The average Bonchev–Trinajstić information content (AvgIpc) is 2.85. The first-order valence-electron chi connectivity index (χ1n) is 5.37. The topological polar surface area (TPSA) is 45.8 Å². The van der Waals surface area contributed by atoms with Crippen molar-refractivity contribution in [1.29, 1.82) is 0 Å². The average molecular weight is 216 g/mol. The van der Waals surface area contributed by atoms with E-state index in [2.05, 4.69) is 9.97 Å². The van der Waals surface area contributed by atoms with Crippen LogP contribution >= 0.6 is 0 Å². The van der Waals surface area contributed by atoms with Crippen LogP contribution in [0.4, 0.5) is 0 Å². The number of hydrogen-bond acceptors (Lipinski definition) is 2. The number of nitrogens with zero attached hydrogens (tertiary/aromatic N) is 1. The fraction of sp³-hybridized carbons (Fsp3) is 0.231. The van der Waals surface area contributed by atoms with Gasteiger partial charge in [-0.15, -0.1) is 0 Å². The van der Waals surface area contributed by atoms with Crippen LogP contribution in [0.5, 0.6) is 0 Å². The van der Waals surface area contributed by atoms with Crippen molar-refractivity contribution >= 4 is 5.78 Å². The third-order valence-electron chi connectivity index (χ3n) is 2.10. The number of H-pyrrole nitrogens is 1. The molecule has 3 heteroatoms. The van der Waals surface area contributed by atoms with Crippen molar-refractivity contribution in [3.8, 4) is 11.3 Å². The summed E-state index contributed by atoms with van der Waals surface area (Å²) in [5, 5.41) is 0. The molecule has 16 heavy (non-hydrogen) atoms. The van der Waals surface area contributed by atoms with E-state index in [9.17, 15) is 4.79 Å². The van der Waals surface area contributed by atoms with Gasteiger partial charge in [0.15, 0.2) is 5.78 Å². The number of nitrogens with one attached hydrogen (secondary N) is 1. The summed E-state index contributed by atoms with van der Waals surface area (Å²) in [6, 6.07) is 7.45. The van der Waals surface area contributed by atoms with Gasteiger partial charge in [0, 0.05) is 5.56 Å². The second-order valence-corrected chi connectivity index (χ2v) is 3.10. The molecule has 0 aliphatic heterocycles. The minimum atomic E-state index is 0.0844. The fourth-order valence-electron chi connectivity index (χ4n) is 1.30. The lowest BCUT2D eigenvalue weighted by Gasteiger charge is -1.98. The second-order valence-electron chi connectivity index (χ2n) is 3.10. The lowest BCUT2D eigenvalue weighted by Crippen LogP contribution is -1.90. The van der Waals surface area contributed by atoms with E-state index in [0.29, 0.717) is 0 Å². The Kier molecular flexibility index (Phi) is 4.45. The highest BCUT2D eigenvalue weighted by Gasteiger charge is 2.00. The number of carbonyl (C=O) groups is 1. The summed E-state index contributed by atoms with van der Waals surface area (Å²) in [6.45, 7) is 5.56. The maximum atomic E-state index is 11.0. The van der Waals surface area contributed by atoms with Gasteiger partial charge >= 0.3 is 0 Å². The van der Waals surface area contributed by atoms with Crippen LogP contribution in [0.3, 0.4) is 0 Å². The molecule has 0 radical (unpaired) electrons. The Hall–Kier alpha value is -1.90. The number of ketones is 1. The van der Waals surface area contributed by atoms with Crippen molar-refractivity contribution in [3.63, 3.8) is 0 Å². The van der Waals surface area contributed by atoms with E-state index in [-0.39, 0.29) is 5.78 Å².